The highest BCUT2D eigenvalue weighted by atomic mass is 16.5. The van der Waals surface area contributed by atoms with Crippen molar-refractivity contribution in [3.8, 4) is 34.1 Å². The van der Waals surface area contributed by atoms with E-state index in [1.54, 1.807) is 0 Å². The standard InChI is InChI=1S/C38H28N2O2/c1-25-19-21-27(39-31-11-3-7-15-35(31)41-36-16-8-4-12-32(36)39)23-29(25)30-24-28(22-20-26(30)2)40-33-13-5-9-17-37(33)42-38-18-10-6-14-34(38)40/h3-24H,1-2H3. The maximum absolute atomic E-state index is 6.27. The SMILES string of the molecule is Cc1ccc(N2c3ccccc3Oc3ccccc32)cc1-c1cc(N2c3ccccc3Oc3ccccc32)ccc1C. The fourth-order valence-corrected chi connectivity index (χ4v) is 6.04. The summed E-state index contributed by atoms with van der Waals surface area (Å²) < 4.78 is 12.5. The van der Waals surface area contributed by atoms with Gasteiger partial charge in [0.1, 0.15) is 0 Å². The van der Waals surface area contributed by atoms with Gasteiger partial charge in [-0.25, -0.2) is 0 Å². The third kappa shape index (κ3) is 3.84. The molecule has 0 bridgehead atoms. The Kier molecular flexibility index (Phi) is 5.54. The maximum Gasteiger partial charge on any atom is 0.151 e. The highest BCUT2D eigenvalue weighted by Crippen LogP contribution is 2.52. The predicted molar refractivity (Wildman–Crippen MR) is 171 cm³/mol. The van der Waals surface area contributed by atoms with Crippen LogP contribution in [0.2, 0.25) is 0 Å². The molecule has 2 aliphatic heterocycles. The molecule has 4 heteroatoms. The lowest BCUT2D eigenvalue weighted by Gasteiger charge is -2.34. The highest BCUT2D eigenvalue weighted by molar-refractivity contribution is 5.91. The van der Waals surface area contributed by atoms with Crippen molar-refractivity contribution >= 4 is 34.1 Å². The van der Waals surface area contributed by atoms with E-state index in [4.69, 9.17) is 9.47 Å². The summed E-state index contributed by atoms with van der Waals surface area (Å²) in [4.78, 5) is 4.59. The molecule has 202 valence electrons. The maximum atomic E-state index is 6.27. The minimum Gasteiger partial charge on any atom is -0.453 e. The van der Waals surface area contributed by atoms with Gasteiger partial charge in [-0.3, -0.25) is 0 Å². The van der Waals surface area contributed by atoms with E-state index in [-0.39, 0.29) is 0 Å². The number of nitrogens with zero attached hydrogens (tertiary/aromatic N) is 2. The van der Waals surface area contributed by atoms with E-state index >= 15 is 0 Å². The Balaban J connectivity index is 1.29. The van der Waals surface area contributed by atoms with Crippen LogP contribution < -0.4 is 19.3 Å². The quantitative estimate of drug-likeness (QED) is 0.221. The van der Waals surface area contributed by atoms with E-state index in [1.807, 2.05) is 48.5 Å². The van der Waals surface area contributed by atoms with E-state index < -0.39 is 0 Å². The molecule has 2 aliphatic rings. The molecule has 0 amide bonds. The van der Waals surface area contributed by atoms with E-state index in [0.29, 0.717) is 0 Å². The second-order valence-corrected chi connectivity index (χ2v) is 10.7. The molecule has 42 heavy (non-hydrogen) atoms. The summed E-state index contributed by atoms with van der Waals surface area (Å²) in [6.45, 7) is 4.37. The largest absolute Gasteiger partial charge is 0.453 e. The number of benzene rings is 6. The first-order valence-corrected chi connectivity index (χ1v) is 14.2. The summed E-state index contributed by atoms with van der Waals surface area (Å²) >= 11 is 0. The first-order valence-electron chi connectivity index (χ1n) is 14.2. The van der Waals surface area contributed by atoms with Crippen LogP contribution in [0.1, 0.15) is 11.1 Å². The molecule has 0 aliphatic carbocycles. The summed E-state index contributed by atoms with van der Waals surface area (Å²) in [7, 11) is 0. The fourth-order valence-electron chi connectivity index (χ4n) is 6.04. The Morgan fingerprint density at radius 2 is 0.690 bits per heavy atom. The van der Waals surface area contributed by atoms with Crippen molar-refractivity contribution in [2.45, 2.75) is 13.8 Å². The van der Waals surface area contributed by atoms with Crippen molar-refractivity contribution in [3.63, 3.8) is 0 Å². The minimum atomic E-state index is 0.848. The lowest BCUT2D eigenvalue weighted by atomic mass is 9.94. The van der Waals surface area contributed by atoms with Crippen LogP contribution in [0.15, 0.2) is 133 Å². The van der Waals surface area contributed by atoms with Gasteiger partial charge in [0.05, 0.1) is 22.7 Å². The molecule has 0 aromatic heterocycles. The summed E-state index contributed by atoms with van der Waals surface area (Å²) in [5, 5.41) is 0. The minimum absolute atomic E-state index is 0.848. The van der Waals surface area contributed by atoms with E-state index in [2.05, 4.69) is 109 Å². The van der Waals surface area contributed by atoms with Crippen LogP contribution in [0.5, 0.6) is 23.0 Å². The van der Waals surface area contributed by atoms with E-state index in [9.17, 15) is 0 Å². The zero-order valence-electron chi connectivity index (χ0n) is 23.4. The lowest BCUT2D eigenvalue weighted by molar-refractivity contribution is 0.476. The van der Waals surface area contributed by atoms with Crippen LogP contribution >= 0.6 is 0 Å². The molecular formula is C38H28N2O2. The predicted octanol–water partition coefficient (Wildman–Crippen LogP) is 11.1. The van der Waals surface area contributed by atoms with Gasteiger partial charge in [-0.05, 0) is 109 Å². The second-order valence-electron chi connectivity index (χ2n) is 10.7. The van der Waals surface area contributed by atoms with Crippen molar-refractivity contribution < 1.29 is 9.47 Å². The molecule has 0 saturated carbocycles. The van der Waals surface area contributed by atoms with Gasteiger partial charge in [-0.15, -0.1) is 0 Å². The topological polar surface area (TPSA) is 24.9 Å². The summed E-state index contributed by atoms with van der Waals surface area (Å²) in [5.41, 5.74) is 11.1. The molecule has 0 spiro atoms. The molecule has 2 heterocycles. The fraction of sp³-hybridized carbons (Fsp3) is 0.0526. The van der Waals surface area contributed by atoms with Crippen LogP contribution in [-0.2, 0) is 0 Å². The number of anilines is 6. The number of hydrogen-bond acceptors (Lipinski definition) is 4. The summed E-state index contributed by atoms with van der Waals surface area (Å²) in [6.07, 6.45) is 0. The van der Waals surface area contributed by atoms with Crippen molar-refractivity contribution in [1.29, 1.82) is 0 Å². The molecule has 0 fully saturated rings. The number of aryl methyl sites for hydroxylation is 2. The van der Waals surface area contributed by atoms with Crippen LogP contribution in [0.3, 0.4) is 0 Å². The molecule has 0 N–H and O–H groups in total. The second kappa shape index (κ2) is 9.57. The van der Waals surface area contributed by atoms with Gasteiger partial charge >= 0.3 is 0 Å². The molecular weight excluding hydrogens is 516 g/mol. The van der Waals surface area contributed by atoms with Gasteiger partial charge in [0, 0.05) is 11.4 Å². The number of ether oxygens (including phenoxy) is 2. The van der Waals surface area contributed by atoms with Crippen LogP contribution in [-0.4, -0.2) is 0 Å². The Morgan fingerprint density at radius 1 is 0.381 bits per heavy atom. The van der Waals surface area contributed by atoms with Crippen molar-refractivity contribution in [3.05, 3.63) is 145 Å². The average molecular weight is 545 g/mol. The number of hydrogen-bond donors (Lipinski definition) is 0. The molecule has 4 nitrogen and oxygen atoms in total. The lowest BCUT2D eigenvalue weighted by Crippen LogP contribution is -2.16. The highest BCUT2D eigenvalue weighted by Gasteiger charge is 2.27. The van der Waals surface area contributed by atoms with Gasteiger partial charge in [-0.2, -0.15) is 0 Å². The number of para-hydroxylation sites is 8. The zero-order chi connectivity index (χ0) is 28.2. The van der Waals surface area contributed by atoms with Crippen molar-refractivity contribution in [2.75, 3.05) is 9.80 Å². The molecule has 0 saturated heterocycles. The van der Waals surface area contributed by atoms with E-state index in [1.165, 1.54) is 22.3 Å². The van der Waals surface area contributed by atoms with Crippen LogP contribution in [0, 0.1) is 13.8 Å². The normalized spacial score (nSPS) is 12.8. The third-order valence-electron chi connectivity index (χ3n) is 8.11. The molecule has 8 rings (SSSR count). The molecule has 6 aromatic carbocycles. The summed E-state index contributed by atoms with van der Waals surface area (Å²) in [6, 6.07) is 46.3. The molecule has 0 unspecified atom stereocenters. The smallest absolute Gasteiger partial charge is 0.151 e. The summed E-state index contributed by atoms with van der Waals surface area (Å²) in [5.74, 6) is 3.39. The first kappa shape index (κ1) is 24.3. The molecule has 6 aromatic rings. The van der Waals surface area contributed by atoms with Gasteiger partial charge in [0.15, 0.2) is 23.0 Å². The Morgan fingerprint density at radius 3 is 1.02 bits per heavy atom. The van der Waals surface area contributed by atoms with Crippen molar-refractivity contribution in [2.24, 2.45) is 0 Å². The van der Waals surface area contributed by atoms with Gasteiger partial charge in [0.25, 0.3) is 0 Å². The van der Waals surface area contributed by atoms with Gasteiger partial charge in [-0.1, -0.05) is 60.7 Å². The molecule has 0 atom stereocenters. The van der Waals surface area contributed by atoms with Crippen LogP contribution in [0.25, 0.3) is 11.1 Å². The Bertz CT molecular complexity index is 1760. The van der Waals surface area contributed by atoms with Crippen LogP contribution in [0.4, 0.5) is 34.1 Å². The Labute approximate surface area is 245 Å². The first-order chi connectivity index (χ1) is 20.7. The number of fused-ring (bicyclic) bond motifs is 4. The van der Waals surface area contributed by atoms with Crippen molar-refractivity contribution in [1.82, 2.24) is 0 Å². The average Bonchev–Trinajstić information content (AvgIpc) is 3.03. The Hall–Kier alpha value is -5.48. The zero-order valence-corrected chi connectivity index (χ0v) is 23.4. The number of rotatable bonds is 3. The van der Waals surface area contributed by atoms with Gasteiger partial charge < -0.3 is 19.3 Å². The molecule has 0 radical (unpaired) electrons. The monoisotopic (exact) mass is 544 g/mol. The third-order valence-corrected chi connectivity index (χ3v) is 8.11. The van der Waals surface area contributed by atoms with E-state index in [0.717, 1.165) is 57.1 Å². The van der Waals surface area contributed by atoms with Gasteiger partial charge in [0.2, 0.25) is 0 Å².